The van der Waals surface area contributed by atoms with E-state index in [4.69, 9.17) is 27.9 Å². The number of hydrogen-bond acceptors (Lipinski definition) is 4. The molecular formula is C20H17Cl2NO4. The molecule has 1 aliphatic heterocycles. The molecule has 0 aliphatic carbocycles. The maximum absolute atomic E-state index is 12.6. The minimum atomic E-state index is -0.483. The Bertz CT molecular complexity index is 868. The number of carbonyl (C=O) groups is 3. The van der Waals surface area contributed by atoms with E-state index in [1.54, 1.807) is 0 Å². The summed E-state index contributed by atoms with van der Waals surface area (Å²) < 4.78 is 5.20. The summed E-state index contributed by atoms with van der Waals surface area (Å²) in [6, 6.07) is 8.91. The van der Waals surface area contributed by atoms with Crippen LogP contribution < -0.4 is 4.90 Å². The number of halogens is 2. The second-order valence-electron chi connectivity index (χ2n) is 6.15. The Morgan fingerprint density at radius 2 is 1.52 bits per heavy atom. The molecule has 0 N–H and O–H groups in total. The van der Waals surface area contributed by atoms with Gasteiger partial charge in [0.05, 0.1) is 39.0 Å². The van der Waals surface area contributed by atoms with Crippen molar-refractivity contribution in [2.75, 3.05) is 11.5 Å². The summed E-state index contributed by atoms with van der Waals surface area (Å²) >= 11 is 11.9. The fraction of sp³-hybridized carbons (Fsp3) is 0.250. The monoisotopic (exact) mass is 405 g/mol. The molecule has 0 saturated carbocycles. The fourth-order valence-electron chi connectivity index (χ4n) is 2.82. The van der Waals surface area contributed by atoms with Crippen molar-refractivity contribution >= 4 is 46.7 Å². The van der Waals surface area contributed by atoms with Gasteiger partial charge in [0, 0.05) is 0 Å². The average molecular weight is 406 g/mol. The van der Waals surface area contributed by atoms with Crippen LogP contribution in [0.25, 0.3) is 0 Å². The van der Waals surface area contributed by atoms with E-state index in [9.17, 15) is 14.4 Å². The smallest absolute Gasteiger partial charge is 0.338 e. The zero-order valence-corrected chi connectivity index (χ0v) is 16.1. The van der Waals surface area contributed by atoms with Gasteiger partial charge in [-0.15, -0.1) is 0 Å². The molecule has 7 heteroatoms. The van der Waals surface area contributed by atoms with Crippen LogP contribution in [0.1, 0.15) is 57.3 Å². The van der Waals surface area contributed by atoms with E-state index in [0.29, 0.717) is 17.9 Å². The molecule has 1 aliphatic rings. The van der Waals surface area contributed by atoms with Gasteiger partial charge in [0.1, 0.15) is 0 Å². The van der Waals surface area contributed by atoms with Crippen LogP contribution in [0.4, 0.5) is 5.69 Å². The Morgan fingerprint density at radius 1 is 0.963 bits per heavy atom. The fourth-order valence-corrected chi connectivity index (χ4v) is 3.14. The van der Waals surface area contributed by atoms with Gasteiger partial charge in [0.15, 0.2) is 0 Å². The van der Waals surface area contributed by atoms with Crippen LogP contribution in [0.15, 0.2) is 36.4 Å². The van der Waals surface area contributed by atoms with Gasteiger partial charge in [-0.2, -0.15) is 0 Å². The number of unbranched alkanes of at least 4 members (excludes halogenated alkanes) is 2. The normalized spacial score (nSPS) is 13.1. The van der Waals surface area contributed by atoms with Crippen molar-refractivity contribution < 1.29 is 19.1 Å². The zero-order chi connectivity index (χ0) is 19.6. The number of amides is 2. The first kappa shape index (κ1) is 19.4. The summed E-state index contributed by atoms with van der Waals surface area (Å²) in [5.74, 6) is -1.40. The van der Waals surface area contributed by atoms with Crippen molar-refractivity contribution in [1.82, 2.24) is 0 Å². The summed E-state index contributed by atoms with van der Waals surface area (Å²) in [7, 11) is 0. The highest BCUT2D eigenvalue weighted by Crippen LogP contribution is 2.34. The molecule has 0 radical (unpaired) electrons. The topological polar surface area (TPSA) is 63.7 Å². The summed E-state index contributed by atoms with van der Waals surface area (Å²) in [5.41, 5.74) is 1.12. The highest BCUT2D eigenvalue weighted by Gasteiger charge is 2.37. The van der Waals surface area contributed by atoms with Crippen molar-refractivity contribution in [3.63, 3.8) is 0 Å². The van der Waals surface area contributed by atoms with E-state index >= 15 is 0 Å². The molecular weight excluding hydrogens is 389 g/mol. The van der Waals surface area contributed by atoms with Crippen LogP contribution in [0.3, 0.4) is 0 Å². The molecule has 2 aromatic carbocycles. The lowest BCUT2D eigenvalue weighted by atomic mass is 10.1. The number of hydrogen-bond donors (Lipinski definition) is 0. The molecule has 0 fully saturated rings. The Hall–Kier alpha value is -2.37. The van der Waals surface area contributed by atoms with Gasteiger partial charge in [-0.3, -0.25) is 9.59 Å². The second kappa shape index (κ2) is 8.11. The highest BCUT2D eigenvalue weighted by atomic mass is 35.5. The van der Waals surface area contributed by atoms with Crippen LogP contribution in [0.5, 0.6) is 0 Å². The molecule has 0 spiro atoms. The standard InChI is InChI=1S/C20H17Cl2NO4/c1-2-3-4-9-27-20(26)12-5-7-13(8-6-12)23-18(24)14-10-16(21)17(22)11-15(14)19(23)25/h5-8,10-11H,2-4,9H2,1H3. The van der Waals surface area contributed by atoms with Gasteiger partial charge >= 0.3 is 5.97 Å². The molecule has 5 nitrogen and oxygen atoms in total. The van der Waals surface area contributed by atoms with Gasteiger partial charge in [-0.1, -0.05) is 43.0 Å². The maximum Gasteiger partial charge on any atom is 0.338 e. The lowest BCUT2D eigenvalue weighted by Crippen LogP contribution is -2.29. The third-order valence-corrected chi connectivity index (χ3v) is 4.99. The Kier molecular flexibility index (Phi) is 5.82. The number of rotatable bonds is 6. The van der Waals surface area contributed by atoms with Gasteiger partial charge in [0.2, 0.25) is 0 Å². The van der Waals surface area contributed by atoms with E-state index in [2.05, 4.69) is 6.92 Å². The quantitative estimate of drug-likeness (QED) is 0.379. The maximum atomic E-state index is 12.6. The predicted molar refractivity (Wildman–Crippen MR) is 104 cm³/mol. The van der Waals surface area contributed by atoms with Gasteiger partial charge in [-0.05, 0) is 42.8 Å². The van der Waals surface area contributed by atoms with Crippen molar-refractivity contribution in [1.29, 1.82) is 0 Å². The molecule has 0 unspecified atom stereocenters. The summed E-state index contributed by atoms with van der Waals surface area (Å²) in [6.07, 6.45) is 2.86. The molecule has 0 bridgehead atoms. The van der Waals surface area contributed by atoms with Crippen LogP contribution in [-0.4, -0.2) is 24.4 Å². The Morgan fingerprint density at radius 3 is 2.04 bits per heavy atom. The minimum absolute atomic E-state index is 0.203. The SMILES string of the molecule is CCCCCOC(=O)c1ccc(N2C(=O)c3cc(Cl)c(Cl)cc3C2=O)cc1. The van der Waals surface area contributed by atoms with Gasteiger partial charge in [0.25, 0.3) is 11.8 Å². The number of benzene rings is 2. The average Bonchev–Trinajstić information content (AvgIpc) is 2.89. The first-order chi connectivity index (χ1) is 12.9. The summed E-state index contributed by atoms with van der Waals surface area (Å²) in [4.78, 5) is 38.3. The highest BCUT2D eigenvalue weighted by molar-refractivity contribution is 6.44. The van der Waals surface area contributed by atoms with E-state index in [0.717, 1.165) is 24.2 Å². The van der Waals surface area contributed by atoms with Gasteiger partial charge in [-0.25, -0.2) is 9.69 Å². The molecule has 140 valence electrons. The summed E-state index contributed by atoms with van der Waals surface area (Å²) in [5, 5.41) is 0.416. The van der Waals surface area contributed by atoms with E-state index in [1.807, 2.05) is 0 Å². The van der Waals surface area contributed by atoms with E-state index in [1.165, 1.54) is 36.4 Å². The van der Waals surface area contributed by atoms with Crippen LogP contribution >= 0.6 is 23.2 Å². The number of imide groups is 1. The molecule has 0 atom stereocenters. The zero-order valence-electron chi connectivity index (χ0n) is 14.6. The lowest BCUT2D eigenvalue weighted by Gasteiger charge is -2.14. The third-order valence-electron chi connectivity index (χ3n) is 4.27. The number of carbonyl (C=O) groups excluding carboxylic acids is 3. The van der Waals surface area contributed by atoms with Crippen LogP contribution in [0, 0.1) is 0 Å². The van der Waals surface area contributed by atoms with E-state index in [-0.39, 0.29) is 21.2 Å². The number of esters is 1. The second-order valence-corrected chi connectivity index (χ2v) is 6.96. The Labute approximate surface area is 166 Å². The largest absolute Gasteiger partial charge is 0.462 e. The Balaban J connectivity index is 1.77. The number of fused-ring (bicyclic) bond motifs is 1. The third kappa shape index (κ3) is 3.84. The molecule has 0 aromatic heterocycles. The number of anilines is 1. The van der Waals surface area contributed by atoms with E-state index < -0.39 is 17.8 Å². The number of nitrogens with zero attached hydrogens (tertiary/aromatic N) is 1. The summed E-state index contributed by atoms with van der Waals surface area (Å²) in [6.45, 7) is 2.44. The molecule has 0 saturated heterocycles. The molecule has 2 amide bonds. The molecule has 27 heavy (non-hydrogen) atoms. The van der Waals surface area contributed by atoms with Gasteiger partial charge < -0.3 is 4.74 Å². The molecule has 2 aromatic rings. The first-order valence-electron chi connectivity index (χ1n) is 8.59. The van der Waals surface area contributed by atoms with Crippen molar-refractivity contribution in [2.45, 2.75) is 26.2 Å². The van der Waals surface area contributed by atoms with Crippen molar-refractivity contribution in [3.05, 3.63) is 63.1 Å². The molecule has 3 rings (SSSR count). The van der Waals surface area contributed by atoms with Crippen LogP contribution in [-0.2, 0) is 4.74 Å². The lowest BCUT2D eigenvalue weighted by molar-refractivity contribution is 0.0498. The van der Waals surface area contributed by atoms with Crippen LogP contribution in [0.2, 0.25) is 10.0 Å². The van der Waals surface area contributed by atoms with Crippen molar-refractivity contribution in [3.8, 4) is 0 Å². The predicted octanol–water partition coefficient (Wildman–Crippen LogP) is 5.14. The minimum Gasteiger partial charge on any atom is -0.462 e. The number of ether oxygens (including phenoxy) is 1. The first-order valence-corrected chi connectivity index (χ1v) is 9.34. The van der Waals surface area contributed by atoms with Crippen molar-refractivity contribution in [2.24, 2.45) is 0 Å². The molecule has 1 heterocycles.